The Morgan fingerprint density at radius 1 is 1.43 bits per heavy atom. The Bertz CT molecular complexity index is 478. The molecule has 0 bridgehead atoms. The minimum absolute atomic E-state index is 0.460. The van der Waals surface area contributed by atoms with E-state index in [1.165, 1.54) is 0 Å². The van der Waals surface area contributed by atoms with Gasteiger partial charge in [-0.3, -0.25) is 0 Å². The molecule has 4 heteroatoms. The van der Waals surface area contributed by atoms with Gasteiger partial charge in [0.2, 0.25) is 0 Å². The van der Waals surface area contributed by atoms with Gasteiger partial charge in [0.1, 0.15) is 5.52 Å². The summed E-state index contributed by atoms with van der Waals surface area (Å²) < 4.78 is 2.06. The molecule has 0 atom stereocenters. The lowest BCUT2D eigenvalue weighted by Gasteiger charge is -1.95. The molecule has 0 saturated heterocycles. The van der Waals surface area contributed by atoms with Crippen molar-refractivity contribution in [3.63, 3.8) is 0 Å². The van der Waals surface area contributed by atoms with Gasteiger partial charge in [-0.15, -0.1) is 11.3 Å². The lowest BCUT2D eigenvalue weighted by atomic mass is 10.2. The number of benzene rings is 1. The zero-order chi connectivity index (χ0) is 10.3. The Labute approximate surface area is 100 Å². The van der Waals surface area contributed by atoms with Gasteiger partial charge in [-0.2, -0.15) is 0 Å². The second-order valence-corrected chi connectivity index (χ2v) is 5.71. The summed E-state index contributed by atoms with van der Waals surface area (Å²) >= 11 is 11.2. The molecule has 0 amide bonds. The number of fused-ring (bicyclic) bond motifs is 1. The molecule has 0 radical (unpaired) electrons. The maximum atomic E-state index is 6.14. The van der Waals surface area contributed by atoms with Crippen molar-refractivity contribution in [2.75, 3.05) is 0 Å². The van der Waals surface area contributed by atoms with E-state index >= 15 is 0 Å². The average molecular weight is 291 g/mol. The van der Waals surface area contributed by atoms with Crippen molar-refractivity contribution in [1.82, 2.24) is 4.98 Å². The third-order valence-corrected chi connectivity index (χ3v) is 4.56. The van der Waals surface area contributed by atoms with E-state index in [-0.39, 0.29) is 0 Å². The molecule has 1 aromatic carbocycles. The SMILES string of the molecule is CC(C)c1nc2c(Cl)c(Br)ccc2s1. The van der Waals surface area contributed by atoms with Crippen LogP contribution >= 0.6 is 38.9 Å². The molecular formula is C10H9BrClNS. The Morgan fingerprint density at radius 2 is 2.14 bits per heavy atom. The Balaban J connectivity index is 2.71. The predicted octanol–water partition coefficient (Wildman–Crippen LogP) is 4.84. The van der Waals surface area contributed by atoms with Crippen molar-refractivity contribution in [2.45, 2.75) is 19.8 Å². The number of hydrogen-bond donors (Lipinski definition) is 0. The first-order valence-electron chi connectivity index (χ1n) is 4.34. The standard InChI is InChI=1S/C10H9BrClNS/c1-5(2)10-13-9-7(14-10)4-3-6(11)8(9)12/h3-5H,1-2H3. The highest BCUT2D eigenvalue weighted by Crippen LogP contribution is 2.35. The van der Waals surface area contributed by atoms with Crippen LogP contribution in [0.25, 0.3) is 10.2 Å². The van der Waals surface area contributed by atoms with Gasteiger partial charge in [-0.25, -0.2) is 4.98 Å². The monoisotopic (exact) mass is 289 g/mol. The summed E-state index contributed by atoms with van der Waals surface area (Å²) in [5.41, 5.74) is 0.912. The van der Waals surface area contributed by atoms with Crippen molar-refractivity contribution in [1.29, 1.82) is 0 Å². The quantitative estimate of drug-likeness (QED) is 0.732. The van der Waals surface area contributed by atoms with E-state index in [0.717, 1.165) is 19.7 Å². The molecule has 1 aromatic heterocycles. The molecule has 14 heavy (non-hydrogen) atoms. The molecule has 0 N–H and O–H groups in total. The van der Waals surface area contributed by atoms with E-state index in [1.807, 2.05) is 6.07 Å². The van der Waals surface area contributed by atoms with E-state index in [2.05, 4.69) is 40.8 Å². The van der Waals surface area contributed by atoms with Crippen LogP contribution in [0.15, 0.2) is 16.6 Å². The summed E-state index contributed by atoms with van der Waals surface area (Å²) in [7, 11) is 0. The number of rotatable bonds is 1. The highest BCUT2D eigenvalue weighted by atomic mass is 79.9. The molecule has 1 nitrogen and oxygen atoms in total. The molecule has 0 aliphatic heterocycles. The van der Waals surface area contributed by atoms with Crippen LogP contribution in [0.5, 0.6) is 0 Å². The topological polar surface area (TPSA) is 12.9 Å². The molecule has 0 fully saturated rings. The summed E-state index contributed by atoms with van der Waals surface area (Å²) in [5.74, 6) is 0.460. The zero-order valence-electron chi connectivity index (χ0n) is 7.84. The van der Waals surface area contributed by atoms with Crippen molar-refractivity contribution in [3.05, 3.63) is 26.6 Å². The van der Waals surface area contributed by atoms with Gasteiger partial charge >= 0.3 is 0 Å². The van der Waals surface area contributed by atoms with Crippen molar-refractivity contribution >= 4 is 49.1 Å². The van der Waals surface area contributed by atoms with Crippen LogP contribution < -0.4 is 0 Å². The molecule has 1 heterocycles. The van der Waals surface area contributed by atoms with Crippen molar-refractivity contribution in [2.24, 2.45) is 0 Å². The number of thiazole rings is 1. The average Bonchev–Trinajstić information content (AvgIpc) is 2.56. The van der Waals surface area contributed by atoms with Crippen LogP contribution in [0.3, 0.4) is 0 Å². The van der Waals surface area contributed by atoms with Gasteiger partial charge in [0.05, 0.1) is 14.7 Å². The largest absolute Gasteiger partial charge is 0.239 e. The highest BCUT2D eigenvalue weighted by molar-refractivity contribution is 9.10. The van der Waals surface area contributed by atoms with Gasteiger partial charge in [0.15, 0.2) is 0 Å². The molecule has 2 aromatic rings. The Hall–Kier alpha value is -0.120. The fourth-order valence-corrected chi connectivity index (χ4v) is 2.76. The van der Waals surface area contributed by atoms with E-state index in [9.17, 15) is 0 Å². The van der Waals surface area contributed by atoms with Crippen LogP contribution in [-0.4, -0.2) is 4.98 Å². The summed E-state index contributed by atoms with van der Waals surface area (Å²) in [5, 5.41) is 1.85. The predicted molar refractivity (Wildman–Crippen MR) is 66.4 cm³/mol. The lowest BCUT2D eigenvalue weighted by molar-refractivity contribution is 0.857. The normalized spacial score (nSPS) is 11.5. The summed E-state index contributed by atoms with van der Waals surface area (Å²) in [4.78, 5) is 4.53. The molecule has 0 unspecified atom stereocenters. The van der Waals surface area contributed by atoms with E-state index in [1.54, 1.807) is 11.3 Å². The first-order chi connectivity index (χ1) is 6.59. The summed E-state index contributed by atoms with van der Waals surface area (Å²) in [6.07, 6.45) is 0. The molecule has 74 valence electrons. The first kappa shape index (κ1) is 10.4. The van der Waals surface area contributed by atoms with Gasteiger partial charge in [-0.1, -0.05) is 25.4 Å². The fourth-order valence-electron chi connectivity index (χ4n) is 1.20. The Kier molecular flexibility index (Phi) is 2.82. The van der Waals surface area contributed by atoms with Crippen LogP contribution in [0, 0.1) is 0 Å². The van der Waals surface area contributed by atoms with E-state index < -0.39 is 0 Å². The van der Waals surface area contributed by atoms with E-state index in [4.69, 9.17) is 11.6 Å². The smallest absolute Gasteiger partial charge is 0.101 e. The number of nitrogens with zero attached hydrogens (tertiary/aromatic N) is 1. The van der Waals surface area contributed by atoms with Crippen molar-refractivity contribution in [3.8, 4) is 0 Å². The fraction of sp³-hybridized carbons (Fsp3) is 0.300. The van der Waals surface area contributed by atoms with Gasteiger partial charge in [0.25, 0.3) is 0 Å². The minimum Gasteiger partial charge on any atom is -0.239 e. The molecule has 0 saturated carbocycles. The third kappa shape index (κ3) is 1.69. The molecule has 2 rings (SSSR count). The molecule has 0 aliphatic rings. The molecule has 0 aliphatic carbocycles. The van der Waals surface area contributed by atoms with Crippen molar-refractivity contribution < 1.29 is 0 Å². The van der Waals surface area contributed by atoms with Crippen LogP contribution in [0.1, 0.15) is 24.8 Å². The lowest BCUT2D eigenvalue weighted by Crippen LogP contribution is -1.83. The first-order valence-corrected chi connectivity index (χ1v) is 6.32. The number of hydrogen-bond acceptors (Lipinski definition) is 2. The maximum Gasteiger partial charge on any atom is 0.101 e. The van der Waals surface area contributed by atoms with Gasteiger partial charge < -0.3 is 0 Å². The van der Waals surface area contributed by atoms with Gasteiger partial charge in [-0.05, 0) is 28.1 Å². The summed E-state index contributed by atoms with van der Waals surface area (Å²) in [6.45, 7) is 4.28. The summed E-state index contributed by atoms with van der Waals surface area (Å²) in [6, 6.07) is 4.02. The number of halogens is 2. The minimum atomic E-state index is 0.460. The second kappa shape index (κ2) is 3.80. The second-order valence-electron chi connectivity index (χ2n) is 3.41. The maximum absolute atomic E-state index is 6.14. The third-order valence-electron chi connectivity index (χ3n) is 1.96. The Morgan fingerprint density at radius 3 is 2.79 bits per heavy atom. The van der Waals surface area contributed by atoms with E-state index in [0.29, 0.717) is 10.9 Å². The van der Waals surface area contributed by atoms with Crippen LogP contribution in [0.2, 0.25) is 5.02 Å². The molecular weight excluding hydrogens is 282 g/mol. The van der Waals surface area contributed by atoms with Crippen LogP contribution in [-0.2, 0) is 0 Å². The zero-order valence-corrected chi connectivity index (χ0v) is 11.0. The molecule has 0 spiro atoms. The van der Waals surface area contributed by atoms with Gasteiger partial charge in [0, 0.05) is 10.4 Å². The number of aromatic nitrogens is 1. The highest BCUT2D eigenvalue weighted by Gasteiger charge is 2.11. The van der Waals surface area contributed by atoms with Crippen LogP contribution in [0.4, 0.5) is 0 Å².